The third-order valence-corrected chi connectivity index (χ3v) is 9.43. The maximum atomic E-state index is 4.51. The smallest absolute Gasteiger partial charge is 0.162 e. The van der Waals surface area contributed by atoms with Crippen molar-refractivity contribution in [2.24, 2.45) is 0 Å². The molecule has 0 aliphatic heterocycles. The number of rotatable bonds is 3. The molecule has 0 atom stereocenters. The van der Waals surface area contributed by atoms with Gasteiger partial charge in [0.25, 0.3) is 0 Å². The van der Waals surface area contributed by atoms with E-state index in [9.17, 15) is 0 Å². The second kappa shape index (κ2) is 11.1. The fraction of sp³-hybridized carbons (Fsp3) is 0.372. The molecule has 242 valence electrons. The van der Waals surface area contributed by atoms with Crippen molar-refractivity contribution in [1.82, 2.24) is 19.9 Å². The lowest BCUT2D eigenvalue weighted by atomic mass is 9.80. The predicted molar refractivity (Wildman–Crippen MR) is 200 cm³/mol. The normalized spacial score (nSPS) is 13.1. The van der Waals surface area contributed by atoms with E-state index in [-0.39, 0.29) is 21.7 Å². The number of aromatic nitrogens is 4. The van der Waals surface area contributed by atoms with Gasteiger partial charge in [0.2, 0.25) is 0 Å². The highest BCUT2D eigenvalue weighted by molar-refractivity contribution is 6.12. The van der Waals surface area contributed by atoms with Crippen LogP contribution in [0.15, 0.2) is 79.4 Å². The first kappa shape index (κ1) is 32.6. The maximum absolute atomic E-state index is 4.51. The van der Waals surface area contributed by atoms with Crippen LogP contribution in [0.3, 0.4) is 0 Å². The molecule has 0 aliphatic carbocycles. The van der Waals surface area contributed by atoms with Gasteiger partial charge in [0.05, 0.1) is 5.52 Å². The third kappa shape index (κ3) is 6.48. The number of hydrogen-bond donors (Lipinski definition) is 1. The number of H-pyrrole nitrogens is 1. The lowest BCUT2D eigenvalue weighted by Crippen LogP contribution is -2.13. The molecule has 0 saturated carbocycles. The summed E-state index contributed by atoms with van der Waals surface area (Å²) in [5.41, 5.74) is 13.3. The molecule has 2 heterocycles. The fourth-order valence-electron chi connectivity index (χ4n) is 6.25. The summed E-state index contributed by atoms with van der Waals surface area (Å²) in [6, 6.07) is 25.7. The molecule has 0 saturated heterocycles. The average Bonchev–Trinajstić information content (AvgIpc) is 3.37. The highest BCUT2D eigenvalue weighted by atomic mass is 15.0. The molecule has 0 fully saturated rings. The van der Waals surface area contributed by atoms with E-state index in [1.165, 1.54) is 60.8 Å². The lowest BCUT2D eigenvalue weighted by Gasteiger charge is -2.25. The van der Waals surface area contributed by atoms with E-state index in [0.717, 1.165) is 11.1 Å². The van der Waals surface area contributed by atoms with Crippen molar-refractivity contribution in [3.8, 4) is 33.6 Å². The second-order valence-corrected chi connectivity index (χ2v) is 17.4. The Balaban J connectivity index is 1.67. The summed E-state index contributed by atoms with van der Waals surface area (Å²) in [6.45, 7) is 27.5. The highest BCUT2D eigenvalue weighted by Gasteiger charge is 2.24. The standard InChI is InChI=1S/C43H50N4/c1-40(2,3)30-13-14-37-35(21-30)36-23-33(43(10,11)12)22-34(38(36)47-37)28-15-26(17-31(19-28)41(4,5)6)27-16-29(39-45-24-44-25-46-39)20-32(18-27)42(7,8)9/h13-25,47H,1-12H3. The Bertz CT molecular complexity index is 2110. The van der Waals surface area contributed by atoms with Crippen LogP contribution in [0.4, 0.5) is 0 Å². The topological polar surface area (TPSA) is 54.5 Å². The highest BCUT2D eigenvalue weighted by Crippen LogP contribution is 2.42. The van der Waals surface area contributed by atoms with Crippen LogP contribution >= 0.6 is 0 Å². The SMILES string of the molecule is CC(C)(C)c1cc(-c2cc(-c3cc(C(C)(C)C)cc4c3[nH]c3ccc(C(C)(C)C)cc34)cc(C(C)(C)C)c2)cc(-c2ncncn2)c1. The first-order valence-electron chi connectivity index (χ1n) is 16.8. The summed E-state index contributed by atoms with van der Waals surface area (Å²) in [6.07, 6.45) is 3.14. The van der Waals surface area contributed by atoms with Crippen molar-refractivity contribution >= 4 is 21.8 Å². The van der Waals surface area contributed by atoms with E-state index >= 15 is 0 Å². The molecule has 0 spiro atoms. The van der Waals surface area contributed by atoms with Crippen molar-refractivity contribution in [2.45, 2.75) is 105 Å². The van der Waals surface area contributed by atoms with Gasteiger partial charge < -0.3 is 4.98 Å². The summed E-state index contributed by atoms with van der Waals surface area (Å²) in [5, 5.41) is 2.56. The van der Waals surface area contributed by atoms with Gasteiger partial charge >= 0.3 is 0 Å². The van der Waals surface area contributed by atoms with Crippen LogP contribution in [0, 0.1) is 0 Å². The van der Waals surface area contributed by atoms with Gasteiger partial charge in [-0.1, -0.05) is 107 Å². The van der Waals surface area contributed by atoms with Crippen LogP contribution < -0.4 is 0 Å². The third-order valence-electron chi connectivity index (χ3n) is 9.43. The van der Waals surface area contributed by atoms with Gasteiger partial charge in [0.1, 0.15) is 12.7 Å². The van der Waals surface area contributed by atoms with Crippen LogP contribution in [-0.4, -0.2) is 19.9 Å². The molecule has 6 aromatic rings. The summed E-state index contributed by atoms with van der Waals surface area (Å²) >= 11 is 0. The minimum absolute atomic E-state index is 0.0148. The molecule has 0 bridgehead atoms. The van der Waals surface area contributed by atoms with Gasteiger partial charge in [0.15, 0.2) is 5.82 Å². The minimum Gasteiger partial charge on any atom is -0.354 e. The molecule has 0 amide bonds. The molecule has 0 unspecified atom stereocenters. The molecular weight excluding hydrogens is 573 g/mol. The number of nitrogens with zero attached hydrogens (tertiary/aromatic N) is 3. The molecule has 4 nitrogen and oxygen atoms in total. The Labute approximate surface area is 281 Å². The Morgan fingerprint density at radius 2 is 0.915 bits per heavy atom. The quantitative estimate of drug-likeness (QED) is 0.214. The van der Waals surface area contributed by atoms with E-state index in [1.54, 1.807) is 12.7 Å². The predicted octanol–water partition coefficient (Wildman–Crippen LogP) is 11.7. The van der Waals surface area contributed by atoms with Crippen LogP contribution in [0.1, 0.15) is 105 Å². The van der Waals surface area contributed by atoms with Gasteiger partial charge in [-0.2, -0.15) is 0 Å². The van der Waals surface area contributed by atoms with Crippen molar-refractivity contribution < 1.29 is 0 Å². The average molecular weight is 623 g/mol. The monoisotopic (exact) mass is 622 g/mol. The van der Waals surface area contributed by atoms with E-state index in [4.69, 9.17) is 0 Å². The zero-order chi connectivity index (χ0) is 34.1. The minimum atomic E-state index is -0.0499. The molecule has 0 aliphatic rings. The number of aromatic amines is 1. The van der Waals surface area contributed by atoms with E-state index in [2.05, 4.69) is 170 Å². The molecule has 2 aromatic heterocycles. The molecule has 47 heavy (non-hydrogen) atoms. The van der Waals surface area contributed by atoms with E-state index in [1.807, 2.05) is 0 Å². The van der Waals surface area contributed by atoms with Crippen molar-refractivity contribution in [3.63, 3.8) is 0 Å². The lowest BCUT2D eigenvalue weighted by molar-refractivity contribution is 0.589. The van der Waals surface area contributed by atoms with Gasteiger partial charge in [-0.3, -0.25) is 0 Å². The number of fused-ring (bicyclic) bond motifs is 3. The van der Waals surface area contributed by atoms with Crippen LogP contribution in [0.25, 0.3) is 55.4 Å². The van der Waals surface area contributed by atoms with Crippen molar-refractivity contribution in [2.75, 3.05) is 0 Å². The number of benzene rings is 4. The molecule has 4 aromatic carbocycles. The molecule has 4 heteroatoms. The van der Waals surface area contributed by atoms with Crippen molar-refractivity contribution in [3.05, 3.63) is 102 Å². The van der Waals surface area contributed by atoms with Gasteiger partial charge in [-0.15, -0.1) is 0 Å². The Kier molecular flexibility index (Phi) is 7.74. The Morgan fingerprint density at radius 3 is 1.47 bits per heavy atom. The molecule has 1 N–H and O–H groups in total. The largest absolute Gasteiger partial charge is 0.354 e. The van der Waals surface area contributed by atoms with Gasteiger partial charge in [0, 0.05) is 27.4 Å². The second-order valence-electron chi connectivity index (χ2n) is 17.4. The summed E-state index contributed by atoms with van der Waals surface area (Å²) in [7, 11) is 0. The Morgan fingerprint density at radius 1 is 0.447 bits per heavy atom. The first-order chi connectivity index (χ1) is 21.8. The van der Waals surface area contributed by atoms with Gasteiger partial charge in [-0.05, 0) is 103 Å². The van der Waals surface area contributed by atoms with Gasteiger partial charge in [-0.25, -0.2) is 15.0 Å². The van der Waals surface area contributed by atoms with Crippen LogP contribution in [0.2, 0.25) is 0 Å². The molecule has 6 rings (SSSR count). The first-order valence-corrected chi connectivity index (χ1v) is 16.8. The summed E-state index contributed by atoms with van der Waals surface area (Å²) in [4.78, 5) is 16.9. The van der Waals surface area contributed by atoms with E-state index in [0.29, 0.717) is 5.82 Å². The Hall–Kier alpha value is -4.31. The van der Waals surface area contributed by atoms with Crippen LogP contribution in [0.5, 0.6) is 0 Å². The summed E-state index contributed by atoms with van der Waals surface area (Å²) < 4.78 is 0. The fourth-order valence-corrected chi connectivity index (χ4v) is 6.25. The van der Waals surface area contributed by atoms with Crippen LogP contribution in [-0.2, 0) is 21.7 Å². The number of nitrogens with one attached hydrogen (secondary N) is 1. The molecule has 0 radical (unpaired) electrons. The maximum Gasteiger partial charge on any atom is 0.162 e. The van der Waals surface area contributed by atoms with E-state index < -0.39 is 0 Å². The molecular formula is C43H50N4. The van der Waals surface area contributed by atoms with Crippen molar-refractivity contribution in [1.29, 1.82) is 0 Å². The zero-order valence-corrected chi connectivity index (χ0v) is 30.3. The zero-order valence-electron chi connectivity index (χ0n) is 30.3. The number of hydrogen-bond acceptors (Lipinski definition) is 3. The summed E-state index contributed by atoms with van der Waals surface area (Å²) in [5.74, 6) is 0.687.